The van der Waals surface area contributed by atoms with E-state index in [0.717, 1.165) is 5.56 Å². The van der Waals surface area contributed by atoms with Gasteiger partial charge in [0.1, 0.15) is 0 Å². The van der Waals surface area contributed by atoms with Crippen molar-refractivity contribution in [2.75, 3.05) is 5.32 Å². The SMILES string of the molecule is CC(C)C(O)CC(=O)Nc1cccc(-c2nnco2)c1. The molecule has 0 bridgehead atoms. The van der Waals surface area contributed by atoms with Crippen LogP contribution in [0, 0.1) is 5.92 Å². The van der Waals surface area contributed by atoms with Gasteiger partial charge in [-0.15, -0.1) is 10.2 Å². The molecule has 0 spiro atoms. The summed E-state index contributed by atoms with van der Waals surface area (Å²) in [4.78, 5) is 11.8. The molecule has 1 atom stereocenters. The molecule has 0 aliphatic rings. The Morgan fingerprint density at radius 3 is 2.90 bits per heavy atom. The Morgan fingerprint density at radius 1 is 1.45 bits per heavy atom. The number of amides is 1. The molecule has 1 heterocycles. The fourth-order valence-corrected chi connectivity index (χ4v) is 1.67. The van der Waals surface area contributed by atoms with Crippen LogP contribution < -0.4 is 5.32 Å². The van der Waals surface area contributed by atoms with E-state index in [4.69, 9.17) is 4.42 Å². The van der Waals surface area contributed by atoms with Crippen molar-refractivity contribution in [2.24, 2.45) is 5.92 Å². The molecular weight excluding hydrogens is 258 g/mol. The summed E-state index contributed by atoms with van der Waals surface area (Å²) >= 11 is 0. The quantitative estimate of drug-likeness (QED) is 0.872. The van der Waals surface area contributed by atoms with Crippen LogP contribution in [0.3, 0.4) is 0 Å². The van der Waals surface area contributed by atoms with Crippen LogP contribution in [0.5, 0.6) is 0 Å². The minimum absolute atomic E-state index is 0.0467. The number of aliphatic hydroxyl groups is 1. The topological polar surface area (TPSA) is 88.2 Å². The number of nitrogens with zero attached hydrogens (tertiary/aromatic N) is 2. The van der Waals surface area contributed by atoms with Crippen LogP contribution >= 0.6 is 0 Å². The first-order valence-corrected chi connectivity index (χ1v) is 6.41. The van der Waals surface area contributed by atoms with Gasteiger partial charge >= 0.3 is 0 Å². The summed E-state index contributed by atoms with van der Waals surface area (Å²) in [6.07, 6.45) is 0.677. The van der Waals surface area contributed by atoms with Crippen molar-refractivity contribution in [3.8, 4) is 11.5 Å². The molecule has 2 aromatic rings. The van der Waals surface area contributed by atoms with Gasteiger partial charge in [0.25, 0.3) is 0 Å². The Labute approximate surface area is 116 Å². The smallest absolute Gasteiger partial charge is 0.247 e. The van der Waals surface area contributed by atoms with Crippen LogP contribution in [0.25, 0.3) is 11.5 Å². The summed E-state index contributed by atoms with van der Waals surface area (Å²) in [5.41, 5.74) is 1.35. The van der Waals surface area contributed by atoms with E-state index in [2.05, 4.69) is 15.5 Å². The lowest BCUT2D eigenvalue weighted by molar-refractivity contribution is -0.118. The molecule has 106 valence electrons. The first kappa shape index (κ1) is 14.2. The Balaban J connectivity index is 2.03. The molecule has 1 aromatic carbocycles. The van der Waals surface area contributed by atoms with Crippen LogP contribution in [0.4, 0.5) is 5.69 Å². The number of anilines is 1. The number of benzene rings is 1. The van der Waals surface area contributed by atoms with Gasteiger partial charge in [-0.3, -0.25) is 4.79 Å². The highest BCUT2D eigenvalue weighted by molar-refractivity contribution is 5.91. The van der Waals surface area contributed by atoms with Crippen molar-refractivity contribution in [1.82, 2.24) is 10.2 Å². The molecular formula is C14H17N3O3. The Bertz CT molecular complexity index is 567. The van der Waals surface area contributed by atoms with E-state index in [1.807, 2.05) is 19.9 Å². The maximum Gasteiger partial charge on any atom is 0.247 e. The van der Waals surface area contributed by atoms with E-state index < -0.39 is 6.10 Å². The fourth-order valence-electron chi connectivity index (χ4n) is 1.67. The second-order valence-electron chi connectivity index (χ2n) is 4.89. The van der Waals surface area contributed by atoms with Gasteiger partial charge in [0, 0.05) is 11.3 Å². The summed E-state index contributed by atoms with van der Waals surface area (Å²) < 4.78 is 5.10. The third-order valence-corrected chi connectivity index (χ3v) is 2.92. The van der Waals surface area contributed by atoms with Crippen molar-refractivity contribution in [1.29, 1.82) is 0 Å². The number of carbonyl (C=O) groups is 1. The van der Waals surface area contributed by atoms with E-state index in [0.29, 0.717) is 11.6 Å². The monoisotopic (exact) mass is 275 g/mol. The minimum atomic E-state index is -0.644. The van der Waals surface area contributed by atoms with Gasteiger partial charge in [0.2, 0.25) is 18.2 Å². The lowest BCUT2D eigenvalue weighted by Crippen LogP contribution is -2.23. The van der Waals surface area contributed by atoms with Gasteiger partial charge in [0.15, 0.2) is 0 Å². The highest BCUT2D eigenvalue weighted by Gasteiger charge is 2.14. The average molecular weight is 275 g/mol. The molecule has 2 N–H and O–H groups in total. The second kappa shape index (κ2) is 6.29. The second-order valence-corrected chi connectivity index (χ2v) is 4.89. The average Bonchev–Trinajstić information content (AvgIpc) is 2.92. The van der Waals surface area contributed by atoms with E-state index in [1.165, 1.54) is 6.39 Å². The van der Waals surface area contributed by atoms with Crippen LogP contribution in [-0.4, -0.2) is 27.3 Å². The normalized spacial score (nSPS) is 12.4. The number of aliphatic hydroxyl groups excluding tert-OH is 1. The Hall–Kier alpha value is -2.21. The first-order valence-electron chi connectivity index (χ1n) is 6.41. The van der Waals surface area contributed by atoms with Gasteiger partial charge < -0.3 is 14.8 Å². The Morgan fingerprint density at radius 2 is 2.25 bits per heavy atom. The Kier molecular flexibility index (Phi) is 4.47. The molecule has 0 saturated carbocycles. The van der Waals surface area contributed by atoms with E-state index >= 15 is 0 Å². The van der Waals surface area contributed by atoms with Gasteiger partial charge in [-0.05, 0) is 24.1 Å². The lowest BCUT2D eigenvalue weighted by atomic mass is 10.0. The molecule has 1 unspecified atom stereocenters. The van der Waals surface area contributed by atoms with E-state index in [1.54, 1.807) is 18.2 Å². The molecule has 0 saturated heterocycles. The van der Waals surface area contributed by atoms with Crippen molar-refractivity contribution in [3.63, 3.8) is 0 Å². The maximum atomic E-state index is 11.8. The van der Waals surface area contributed by atoms with Gasteiger partial charge in [-0.2, -0.15) is 0 Å². The largest absolute Gasteiger partial charge is 0.423 e. The summed E-state index contributed by atoms with van der Waals surface area (Å²) in [6.45, 7) is 3.74. The molecule has 1 aromatic heterocycles. The van der Waals surface area contributed by atoms with Crippen molar-refractivity contribution < 1.29 is 14.3 Å². The number of rotatable bonds is 5. The lowest BCUT2D eigenvalue weighted by Gasteiger charge is -2.14. The number of aromatic nitrogens is 2. The van der Waals surface area contributed by atoms with Crippen LogP contribution in [0.15, 0.2) is 35.1 Å². The standard InChI is InChI=1S/C14H17N3O3/c1-9(2)12(18)7-13(19)16-11-5-3-4-10(6-11)14-17-15-8-20-14/h3-6,8-9,12,18H,7H2,1-2H3,(H,16,19). The van der Waals surface area contributed by atoms with Crippen LogP contribution in [0.2, 0.25) is 0 Å². The highest BCUT2D eigenvalue weighted by atomic mass is 16.4. The van der Waals surface area contributed by atoms with Gasteiger partial charge in [0.05, 0.1) is 12.5 Å². The zero-order valence-corrected chi connectivity index (χ0v) is 11.4. The molecule has 0 fully saturated rings. The highest BCUT2D eigenvalue weighted by Crippen LogP contribution is 2.20. The van der Waals surface area contributed by atoms with Crippen LogP contribution in [0.1, 0.15) is 20.3 Å². The number of hydrogen-bond acceptors (Lipinski definition) is 5. The van der Waals surface area contributed by atoms with E-state index in [-0.39, 0.29) is 18.2 Å². The van der Waals surface area contributed by atoms with Gasteiger partial charge in [-0.1, -0.05) is 19.9 Å². The van der Waals surface area contributed by atoms with Crippen LogP contribution in [-0.2, 0) is 4.79 Å². The molecule has 0 aliphatic carbocycles. The first-order chi connectivity index (χ1) is 9.56. The molecule has 6 nitrogen and oxygen atoms in total. The third-order valence-electron chi connectivity index (χ3n) is 2.92. The minimum Gasteiger partial charge on any atom is -0.423 e. The maximum absolute atomic E-state index is 11.8. The zero-order chi connectivity index (χ0) is 14.5. The predicted octanol–water partition coefficient (Wildman–Crippen LogP) is 2.08. The number of carbonyl (C=O) groups excluding carboxylic acids is 1. The molecule has 6 heteroatoms. The number of nitrogens with one attached hydrogen (secondary N) is 1. The summed E-state index contributed by atoms with van der Waals surface area (Å²) in [7, 11) is 0. The zero-order valence-electron chi connectivity index (χ0n) is 11.4. The third kappa shape index (κ3) is 3.64. The van der Waals surface area contributed by atoms with E-state index in [9.17, 15) is 9.90 Å². The number of hydrogen-bond donors (Lipinski definition) is 2. The molecule has 20 heavy (non-hydrogen) atoms. The summed E-state index contributed by atoms with van der Waals surface area (Å²) in [5, 5.41) is 19.8. The van der Waals surface area contributed by atoms with Crippen molar-refractivity contribution in [3.05, 3.63) is 30.7 Å². The molecule has 0 aliphatic heterocycles. The summed E-state index contributed by atoms with van der Waals surface area (Å²) in [5.74, 6) is 0.211. The molecule has 2 rings (SSSR count). The van der Waals surface area contributed by atoms with Crippen molar-refractivity contribution in [2.45, 2.75) is 26.4 Å². The molecule has 0 radical (unpaired) electrons. The van der Waals surface area contributed by atoms with Crippen molar-refractivity contribution >= 4 is 11.6 Å². The van der Waals surface area contributed by atoms with Gasteiger partial charge in [-0.25, -0.2) is 0 Å². The fraction of sp³-hybridized carbons (Fsp3) is 0.357. The predicted molar refractivity (Wildman–Crippen MR) is 73.8 cm³/mol. The summed E-state index contributed by atoms with van der Waals surface area (Å²) in [6, 6.07) is 7.10. The molecule has 1 amide bonds.